The molecule has 13 heavy (non-hydrogen) atoms. The van der Waals surface area contributed by atoms with Crippen LogP contribution in [-0.4, -0.2) is 17.0 Å². The zero-order valence-electron chi connectivity index (χ0n) is 8.50. The number of thioether (sulfide) groups is 1. The van der Waals surface area contributed by atoms with E-state index in [-0.39, 0.29) is 5.78 Å². The topological polar surface area (TPSA) is 30.0 Å². The van der Waals surface area contributed by atoms with Gasteiger partial charge in [-0.2, -0.15) is 0 Å². The van der Waals surface area contributed by atoms with E-state index in [2.05, 4.69) is 4.98 Å². The Kier molecular flexibility index (Phi) is 6.24. The molecular formula is C10H15NOS. The second kappa shape index (κ2) is 6.66. The maximum atomic E-state index is 11.0. The van der Waals surface area contributed by atoms with Gasteiger partial charge in [-0.15, -0.1) is 11.8 Å². The molecule has 0 amide bonds. The highest BCUT2D eigenvalue weighted by molar-refractivity contribution is 7.98. The van der Waals surface area contributed by atoms with Gasteiger partial charge in [0.25, 0.3) is 0 Å². The molecule has 0 aliphatic carbocycles. The lowest BCUT2D eigenvalue weighted by Gasteiger charge is -1.99. The van der Waals surface area contributed by atoms with Crippen molar-refractivity contribution in [2.45, 2.75) is 25.8 Å². The normalized spacial score (nSPS) is 8.62. The molecule has 3 heteroatoms. The van der Waals surface area contributed by atoms with Crippen molar-refractivity contribution >= 4 is 17.5 Å². The number of carbonyl (C=O) groups excluding carboxylic acids is 1. The number of aromatic nitrogens is 1. The van der Waals surface area contributed by atoms with Crippen LogP contribution in [0.5, 0.6) is 0 Å². The van der Waals surface area contributed by atoms with E-state index in [0.717, 1.165) is 5.03 Å². The van der Waals surface area contributed by atoms with E-state index in [1.54, 1.807) is 25.3 Å². The van der Waals surface area contributed by atoms with Crippen LogP contribution in [0.4, 0.5) is 0 Å². The first-order valence-corrected chi connectivity index (χ1v) is 5.48. The molecule has 0 saturated carbocycles. The number of hydrogen-bond acceptors (Lipinski definition) is 3. The van der Waals surface area contributed by atoms with Crippen molar-refractivity contribution in [3.8, 4) is 0 Å². The van der Waals surface area contributed by atoms with Crippen LogP contribution in [-0.2, 0) is 0 Å². The lowest BCUT2D eigenvalue weighted by Crippen LogP contribution is -1.95. The molecule has 72 valence electrons. The third-order valence-corrected chi connectivity index (χ3v) is 2.06. The Morgan fingerprint density at radius 3 is 2.46 bits per heavy atom. The molecule has 1 rings (SSSR count). The van der Waals surface area contributed by atoms with Crippen LogP contribution in [0.3, 0.4) is 0 Å². The second-order valence-electron chi connectivity index (χ2n) is 2.12. The minimum atomic E-state index is 0.0717. The minimum absolute atomic E-state index is 0.0717. The van der Waals surface area contributed by atoms with Gasteiger partial charge in [-0.25, -0.2) is 4.98 Å². The van der Waals surface area contributed by atoms with Crippen molar-refractivity contribution in [2.24, 2.45) is 0 Å². The predicted octanol–water partition coefficient (Wildman–Crippen LogP) is 3.03. The van der Waals surface area contributed by atoms with Gasteiger partial charge in [0.2, 0.25) is 0 Å². The van der Waals surface area contributed by atoms with E-state index in [1.165, 1.54) is 11.8 Å². The first-order chi connectivity index (χ1) is 6.25. The lowest BCUT2D eigenvalue weighted by atomic mass is 10.2. The fourth-order valence-electron chi connectivity index (χ4n) is 0.821. The molecule has 2 nitrogen and oxygen atoms in total. The van der Waals surface area contributed by atoms with Crippen LogP contribution in [0, 0.1) is 0 Å². The molecule has 0 aliphatic heterocycles. The molecule has 0 radical (unpaired) electrons. The van der Waals surface area contributed by atoms with Gasteiger partial charge in [-0.1, -0.05) is 13.8 Å². The summed E-state index contributed by atoms with van der Waals surface area (Å²) >= 11 is 1.49. The number of nitrogens with zero attached hydrogens (tertiary/aromatic N) is 1. The lowest BCUT2D eigenvalue weighted by molar-refractivity contribution is 0.101. The highest BCUT2D eigenvalue weighted by Crippen LogP contribution is 2.16. The van der Waals surface area contributed by atoms with Crippen molar-refractivity contribution in [1.29, 1.82) is 0 Å². The van der Waals surface area contributed by atoms with Gasteiger partial charge < -0.3 is 0 Å². The first kappa shape index (κ1) is 12.2. The van der Waals surface area contributed by atoms with Crippen LogP contribution < -0.4 is 0 Å². The number of hydrogen-bond donors (Lipinski definition) is 0. The highest BCUT2D eigenvalue weighted by atomic mass is 32.2. The summed E-state index contributed by atoms with van der Waals surface area (Å²) in [5.41, 5.74) is 0.708. The van der Waals surface area contributed by atoms with Crippen LogP contribution in [0.2, 0.25) is 0 Å². The number of rotatable bonds is 2. The zero-order chi connectivity index (χ0) is 10.3. The van der Waals surface area contributed by atoms with E-state index in [1.807, 2.05) is 20.1 Å². The van der Waals surface area contributed by atoms with Gasteiger partial charge in [0.15, 0.2) is 5.78 Å². The Labute approximate surface area is 83.8 Å². The molecule has 1 heterocycles. The Morgan fingerprint density at radius 1 is 1.46 bits per heavy atom. The summed E-state index contributed by atoms with van der Waals surface area (Å²) in [7, 11) is 0. The van der Waals surface area contributed by atoms with Crippen LogP contribution in [0.1, 0.15) is 31.1 Å². The molecule has 0 aromatic carbocycles. The largest absolute Gasteiger partial charge is 0.294 e. The molecule has 0 spiro atoms. The van der Waals surface area contributed by atoms with Gasteiger partial charge in [0.05, 0.1) is 0 Å². The second-order valence-corrected chi connectivity index (χ2v) is 2.91. The quantitative estimate of drug-likeness (QED) is 0.539. The van der Waals surface area contributed by atoms with Crippen LogP contribution in [0.25, 0.3) is 0 Å². The summed E-state index contributed by atoms with van der Waals surface area (Å²) in [6.07, 6.45) is 3.60. The monoisotopic (exact) mass is 197 g/mol. The molecule has 0 aliphatic rings. The van der Waals surface area contributed by atoms with E-state index in [0.29, 0.717) is 5.56 Å². The van der Waals surface area contributed by atoms with E-state index < -0.39 is 0 Å². The third-order valence-electron chi connectivity index (χ3n) is 1.34. The predicted molar refractivity (Wildman–Crippen MR) is 57.4 cm³/mol. The van der Waals surface area contributed by atoms with Crippen molar-refractivity contribution < 1.29 is 4.79 Å². The number of ketones is 1. The molecule has 0 fully saturated rings. The summed E-state index contributed by atoms with van der Waals surface area (Å²) in [6, 6.07) is 3.57. The van der Waals surface area contributed by atoms with Gasteiger partial charge >= 0.3 is 0 Å². The maximum Gasteiger partial charge on any atom is 0.162 e. The SMILES string of the molecule is CC.CSc1ncccc1C(C)=O. The maximum absolute atomic E-state index is 11.0. The molecular weight excluding hydrogens is 182 g/mol. The van der Waals surface area contributed by atoms with Gasteiger partial charge in [0, 0.05) is 11.8 Å². The number of carbonyl (C=O) groups is 1. The van der Waals surface area contributed by atoms with Crippen molar-refractivity contribution in [3.63, 3.8) is 0 Å². The van der Waals surface area contributed by atoms with E-state index in [9.17, 15) is 4.79 Å². The smallest absolute Gasteiger partial charge is 0.162 e. The molecule has 0 unspecified atom stereocenters. The Hall–Kier alpha value is -0.830. The van der Waals surface area contributed by atoms with E-state index >= 15 is 0 Å². The Morgan fingerprint density at radius 2 is 2.08 bits per heavy atom. The zero-order valence-corrected chi connectivity index (χ0v) is 9.31. The summed E-state index contributed by atoms with van der Waals surface area (Å²) in [6.45, 7) is 5.55. The van der Waals surface area contributed by atoms with Crippen molar-refractivity contribution in [1.82, 2.24) is 4.98 Å². The van der Waals surface area contributed by atoms with Gasteiger partial charge in [-0.3, -0.25) is 4.79 Å². The average molecular weight is 197 g/mol. The third kappa shape index (κ3) is 3.59. The van der Waals surface area contributed by atoms with Crippen LogP contribution in [0.15, 0.2) is 23.4 Å². The summed E-state index contributed by atoms with van der Waals surface area (Å²) < 4.78 is 0. The standard InChI is InChI=1S/C8H9NOS.C2H6/c1-6(10)7-4-3-5-9-8(7)11-2;1-2/h3-5H,1-2H3;1-2H3. The number of pyridine rings is 1. The molecule has 1 aromatic heterocycles. The first-order valence-electron chi connectivity index (χ1n) is 4.25. The van der Waals surface area contributed by atoms with Crippen molar-refractivity contribution in [3.05, 3.63) is 23.9 Å². The van der Waals surface area contributed by atoms with Crippen LogP contribution >= 0.6 is 11.8 Å². The van der Waals surface area contributed by atoms with Crippen molar-refractivity contribution in [2.75, 3.05) is 6.26 Å². The molecule has 1 aromatic rings. The average Bonchev–Trinajstić information content (AvgIpc) is 2.20. The fourth-order valence-corrected chi connectivity index (χ4v) is 1.42. The highest BCUT2D eigenvalue weighted by Gasteiger charge is 2.04. The molecule has 0 saturated heterocycles. The molecule has 0 bridgehead atoms. The van der Waals surface area contributed by atoms with Gasteiger partial charge in [-0.05, 0) is 25.3 Å². The summed E-state index contributed by atoms with van der Waals surface area (Å²) in [5, 5.41) is 0.806. The molecule has 0 atom stereocenters. The minimum Gasteiger partial charge on any atom is -0.294 e. The van der Waals surface area contributed by atoms with Gasteiger partial charge in [0.1, 0.15) is 5.03 Å². The Balaban J connectivity index is 0.000000671. The summed E-state index contributed by atoms with van der Waals surface area (Å²) in [4.78, 5) is 15.0. The Bertz CT molecular complexity index is 273. The summed E-state index contributed by atoms with van der Waals surface area (Å²) in [5.74, 6) is 0.0717. The van der Waals surface area contributed by atoms with E-state index in [4.69, 9.17) is 0 Å². The fraction of sp³-hybridized carbons (Fsp3) is 0.400. The molecule has 0 N–H and O–H groups in total. The number of Topliss-reactive ketones (excluding diaryl/α,β-unsaturated/α-hetero) is 1.